The van der Waals surface area contributed by atoms with E-state index in [1.807, 2.05) is 12.1 Å². The Morgan fingerprint density at radius 1 is 1.45 bits per heavy atom. The normalized spacial score (nSPS) is 23.1. The predicted octanol–water partition coefficient (Wildman–Crippen LogP) is 0.941. The summed E-state index contributed by atoms with van der Waals surface area (Å²) in [5, 5.41) is 3.58. The third-order valence-electron chi connectivity index (χ3n) is 4.71. The van der Waals surface area contributed by atoms with E-state index in [4.69, 9.17) is 16.2 Å². The highest BCUT2D eigenvalue weighted by molar-refractivity contribution is 5.93. The Kier molecular flexibility index (Phi) is 5.21. The van der Waals surface area contributed by atoms with Gasteiger partial charge in [-0.15, -0.1) is 0 Å². The zero-order chi connectivity index (χ0) is 16.3. The molecule has 1 aromatic rings. The fraction of sp³-hybridized carbons (Fsp3) is 0.588. The molecule has 0 radical (unpaired) electrons. The number of rotatable bonds is 6. The molecule has 5 heteroatoms. The molecule has 5 nitrogen and oxygen atoms in total. The number of primary amides is 1. The van der Waals surface area contributed by atoms with Gasteiger partial charge in [-0.05, 0) is 42.8 Å². The smallest absolute Gasteiger partial charge is 0.248 e. The molecule has 1 amide bonds. The van der Waals surface area contributed by atoms with Crippen LogP contribution in [0.5, 0.6) is 0 Å². The second kappa shape index (κ2) is 6.77. The van der Waals surface area contributed by atoms with Gasteiger partial charge in [0.1, 0.15) is 0 Å². The lowest BCUT2D eigenvalue weighted by Crippen LogP contribution is -2.57. The zero-order valence-electron chi connectivity index (χ0n) is 13.7. The van der Waals surface area contributed by atoms with Gasteiger partial charge in [0, 0.05) is 30.6 Å². The van der Waals surface area contributed by atoms with E-state index in [0.29, 0.717) is 12.1 Å². The molecule has 0 aliphatic heterocycles. The van der Waals surface area contributed by atoms with Gasteiger partial charge >= 0.3 is 0 Å². The zero-order valence-corrected chi connectivity index (χ0v) is 13.7. The van der Waals surface area contributed by atoms with Crippen LogP contribution in [0.25, 0.3) is 0 Å². The first-order chi connectivity index (χ1) is 10.4. The van der Waals surface area contributed by atoms with E-state index in [-0.39, 0.29) is 23.5 Å². The van der Waals surface area contributed by atoms with Gasteiger partial charge in [0.15, 0.2) is 0 Å². The molecule has 0 bridgehead atoms. The molecule has 0 heterocycles. The van der Waals surface area contributed by atoms with Crippen molar-refractivity contribution in [1.29, 1.82) is 0 Å². The van der Waals surface area contributed by atoms with Crippen LogP contribution in [-0.2, 0) is 16.6 Å². The van der Waals surface area contributed by atoms with Gasteiger partial charge in [-0.3, -0.25) is 4.79 Å². The summed E-state index contributed by atoms with van der Waals surface area (Å²) in [7, 11) is 1.75. The maximum Gasteiger partial charge on any atom is 0.248 e. The molecule has 0 unspecified atom stereocenters. The molecule has 22 heavy (non-hydrogen) atoms. The van der Waals surface area contributed by atoms with Crippen molar-refractivity contribution < 1.29 is 9.53 Å². The monoisotopic (exact) mass is 305 g/mol. The van der Waals surface area contributed by atoms with E-state index in [2.05, 4.69) is 19.2 Å². The van der Waals surface area contributed by atoms with Gasteiger partial charge in [-0.1, -0.05) is 19.9 Å². The van der Waals surface area contributed by atoms with E-state index >= 15 is 0 Å². The molecule has 2 atom stereocenters. The highest BCUT2D eigenvalue weighted by Crippen LogP contribution is 2.38. The number of ether oxygens (including phenoxy) is 1. The summed E-state index contributed by atoms with van der Waals surface area (Å²) in [6, 6.07) is 5.90. The first-order valence-corrected chi connectivity index (χ1v) is 7.81. The van der Waals surface area contributed by atoms with Gasteiger partial charge < -0.3 is 21.5 Å². The topological polar surface area (TPSA) is 90.4 Å². The largest absolute Gasteiger partial charge is 0.379 e. The summed E-state index contributed by atoms with van der Waals surface area (Å²) in [6.45, 7) is 5.89. The summed E-state index contributed by atoms with van der Waals surface area (Å²) in [4.78, 5) is 11.5. The molecule has 5 N–H and O–H groups in total. The first-order valence-electron chi connectivity index (χ1n) is 7.81. The van der Waals surface area contributed by atoms with Crippen LogP contribution in [0.3, 0.4) is 0 Å². The van der Waals surface area contributed by atoms with Gasteiger partial charge in [0.2, 0.25) is 5.91 Å². The van der Waals surface area contributed by atoms with E-state index in [1.54, 1.807) is 13.2 Å². The fourth-order valence-corrected chi connectivity index (χ4v) is 3.44. The third-order valence-corrected chi connectivity index (χ3v) is 4.71. The lowest BCUT2D eigenvalue weighted by Gasteiger charge is -2.45. The van der Waals surface area contributed by atoms with Gasteiger partial charge in [0.05, 0.1) is 6.10 Å². The predicted molar refractivity (Wildman–Crippen MR) is 87.9 cm³/mol. The Bertz CT molecular complexity index is 543. The number of hydrogen-bond donors (Lipinski definition) is 3. The van der Waals surface area contributed by atoms with Crippen LogP contribution in [0, 0.1) is 0 Å². The summed E-state index contributed by atoms with van der Waals surface area (Å²) in [5.41, 5.74) is 13.8. The van der Waals surface area contributed by atoms with E-state index in [1.165, 1.54) is 11.1 Å². The number of carbonyl (C=O) groups excluding carboxylic acids is 1. The second-order valence-electron chi connectivity index (χ2n) is 6.51. The molecule has 1 aromatic carbocycles. The first kappa shape index (κ1) is 16.9. The van der Waals surface area contributed by atoms with Crippen LogP contribution in [0.15, 0.2) is 18.2 Å². The standard InChI is InChI=1S/C17H27N3O2/c1-17(2)13-9-12(16(19)21)6-5-11(13)10-14(22-3)15(17)20-8-4-7-18/h5-6,9,14-15,20H,4,7-8,10,18H2,1-3H3,(H2,19,21)/t14-,15+/m0/s1. The molecular formula is C17H27N3O2. The Morgan fingerprint density at radius 3 is 2.77 bits per heavy atom. The molecule has 0 saturated heterocycles. The average molecular weight is 305 g/mol. The van der Waals surface area contributed by atoms with E-state index in [0.717, 1.165) is 19.4 Å². The lowest BCUT2D eigenvalue weighted by molar-refractivity contribution is 0.0357. The van der Waals surface area contributed by atoms with Gasteiger partial charge in [-0.2, -0.15) is 0 Å². The van der Waals surface area contributed by atoms with Crippen molar-refractivity contribution >= 4 is 5.91 Å². The average Bonchev–Trinajstić information content (AvgIpc) is 2.48. The van der Waals surface area contributed by atoms with Crippen LogP contribution in [0.2, 0.25) is 0 Å². The highest BCUT2D eigenvalue weighted by Gasteiger charge is 2.42. The van der Waals surface area contributed by atoms with Crippen LogP contribution >= 0.6 is 0 Å². The van der Waals surface area contributed by atoms with Crippen LogP contribution in [-0.4, -0.2) is 38.3 Å². The van der Waals surface area contributed by atoms with Gasteiger partial charge in [-0.25, -0.2) is 0 Å². The minimum Gasteiger partial charge on any atom is -0.379 e. The molecule has 0 spiro atoms. The maximum atomic E-state index is 11.5. The number of benzene rings is 1. The van der Waals surface area contributed by atoms with Crippen LogP contribution < -0.4 is 16.8 Å². The van der Waals surface area contributed by atoms with Crippen molar-refractivity contribution in [2.24, 2.45) is 11.5 Å². The summed E-state index contributed by atoms with van der Waals surface area (Å²) < 4.78 is 5.72. The number of fused-ring (bicyclic) bond motifs is 1. The fourth-order valence-electron chi connectivity index (χ4n) is 3.44. The van der Waals surface area contributed by atoms with Crippen molar-refractivity contribution in [1.82, 2.24) is 5.32 Å². The van der Waals surface area contributed by atoms with Gasteiger partial charge in [0.25, 0.3) is 0 Å². The minimum absolute atomic E-state index is 0.0969. The van der Waals surface area contributed by atoms with E-state index in [9.17, 15) is 4.79 Å². The van der Waals surface area contributed by atoms with Crippen molar-refractivity contribution in [2.45, 2.75) is 44.2 Å². The number of methoxy groups -OCH3 is 1. The molecular weight excluding hydrogens is 278 g/mol. The van der Waals surface area contributed by atoms with Crippen molar-refractivity contribution in [3.63, 3.8) is 0 Å². The van der Waals surface area contributed by atoms with Crippen molar-refractivity contribution in [3.8, 4) is 0 Å². The molecule has 1 aliphatic rings. The third kappa shape index (κ3) is 3.16. The van der Waals surface area contributed by atoms with Crippen LogP contribution in [0.1, 0.15) is 41.8 Å². The minimum atomic E-state index is -0.389. The molecule has 1 aliphatic carbocycles. The Labute approximate surface area is 132 Å². The van der Waals surface area contributed by atoms with Crippen molar-refractivity contribution in [3.05, 3.63) is 34.9 Å². The molecule has 0 saturated carbocycles. The lowest BCUT2D eigenvalue weighted by atomic mass is 9.67. The van der Waals surface area contributed by atoms with Crippen LogP contribution in [0.4, 0.5) is 0 Å². The number of carbonyl (C=O) groups is 1. The number of nitrogens with two attached hydrogens (primary N) is 2. The Morgan fingerprint density at radius 2 is 2.18 bits per heavy atom. The second-order valence-corrected chi connectivity index (χ2v) is 6.51. The number of amides is 1. The molecule has 0 aromatic heterocycles. The molecule has 2 rings (SSSR count). The Hall–Kier alpha value is -1.43. The van der Waals surface area contributed by atoms with E-state index < -0.39 is 0 Å². The molecule has 122 valence electrons. The van der Waals surface area contributed by atoms with Crippen molar-refractivity contribution in [2.75, 3.05) is 20.2 Å². The SMILES string of the molecule is CO[C@H]1Cc2ccc(C(N)=O)cc2C(C)(C)[C@@H]1NCCCN. The number of nitrogens with one attached hydrogen (secondary N) is 1. The maximum absolute atomic E-state index is 11.5. The summed E-state index contributed by atoms with van der Waals surface area (Å²) >= 11 is 0. The summed E-state index contributed by atoms with van der Waals surface area (Å²) in [6.07, 6.45) is 1.85. The highest BCUT2D eigenvalue weighted by atomic mass is 16.5. The quantitative estimate of drug-likeness (QED) is 0.682. The number of hydrogen-bond acceptors (Lipinski definition) is 4. The Balaban J connectivity index is 2.37. The summed E-state index contributed by atoms with van der Waals surface area (Å²) in [5.74, 6) is -0.389. The molecule has 0 fully saturated rings.